The Morgan fingerprint density at radius 1 is 1.42 bits per heavy atom. The lowest BCUT2D eigenvalue weighted by atomic mass is 10.1. The largest absolute Gasteiger partial charge is 0.417 e. The maximum Gasteiger partial charge on any atom is 0.417 e. The first-order valence-corrected chi connectivity index (χ1v) is 6.42. The van der Waals surface area contributed by atoms with Crippen molar-refractivity contribution in [1.82, 2.24) is 0 Å². The lowest BCUT2D eigenvalue weighted by Gasteiger charge is -2.18. The van der Waals surface area contributed by atoms with E-state index in [1.165, 1.54) is 17.0 Å². The number of hydrogen-bond acceptors (Lipinski definition) is 1. The molecule has 1 fully saturated rings. The molecule has 0 saturated carbocycles. The quantitative estimate of drug-likeness (QED) is 0.749. The van der Waals surface area contributed by atoms with Crippen LogP contribution >= 0.6 is 15.9 Å². The van der Waals surface area contributed by atoms with E-state index in [-0.39, 0.29) is 16.3 Å². The van der Waals surface area contributed by atoms with E-state index in [0.717, 1.165) is 6.07 Å². The fourth-order valence-corrected chi connectivity index (χ4v) is 2.64. The van der Waals surface area contributed by atoms with Crippen molar-refractivity contribution < 1.29 is 18.0 Å². The van der Waals surface area contributed by atoms with Gasteiger partial charge in [0.2, 0.25) is 5.91 Å². The van der Waals surface area contributed by atoms with Crippen LogP contribution < -0.4 is 4.90 Å². The molecule has 2 rings (SSSR count). The number of hydrogen-bond donors (Lipinski definition) is 0. The summed E-state index contributed by atoms with van der Waals surface area (Å²) in [6.45, 7) is 4.09. The second-order valence-electron chi connectivity index (χ2n) is 4.37. The molecule has 1 atom stereocenters. The van der Waals surface area contributed by atoms with Crippen molar-refractivity contribution in [1.29, 1.82) is 0 Å². The second-order valence-corrected chi connectivity index (χ2v) is 5.22. The van der Waals surface area contributed by atoms with E-state index in [2.05, 4.69) is 22.5 Å². The minimum absolute atomic E-state index is 0.0496. The zero-order valence-corrected chi connectivity index (χ0v) is 11.5. The van der Waals surface area contributed by atoms with Crippen LogP contribution in [0.3, 0.4) is 0 Å². The molecule has 0 spiro atoms. The van der Waals surface area contributed by atoms with Gasteiger partial charge < -0.3 is 4.90 Å². The Balaban J connectivity index is 2.31. The monoisotopic (exact) mass is 333 g/mol. The molecule has 0 radical (unpaired) electrons. The van der Waals surface area contributed by atoms with Crippen LogP contribution in [0, 0.1) is 5.92 Å². The zero-order valence-electron chi connectivity index (χ0n) is 9.88. The third kappa shape index (κ3) is 2.83. The molecule has 1 aliphatic heterocycles. The highest BCUT2D eigenvalue weighted by atomic mass is 79.9. The van der Waals surface area contributed by atoms with Gasteiger partial charge >= 0.3 is 6.18 Å². The molecule has 1 aromatic carbocycles. The third-order valence-electron chi connectivity index (χ3n) is 3.06. The SMILES string of the molecule is C=CC1CC(=O)N(c2ccc(C(F)(F)F)c(Br)c2)C1. The molecule has 102 valence electrons. The molecule has 1 amide bonds. The summed E-state index contributed by atoms with van der Waals surface area (Å²) < 4.78 is 37.8. The summed E-state index contributed by atoms with van der Waals surface area (Å²) in [7, 11) is 0. The zero-order chi connectivity index (χ0) is 14.2. The highest BCUT2D eigenvalue weighted by Crippen LogP contribution is 2.37. The molecule has 1 aromatic rings. The summed E-state index contributed by atoms with van der Waals surface area (Å²) in [4.78, 5) is 13.3. The van der Waals surface area contributed by atoms with Crippen molar-refractivity contribution in [3.63, 3.8) is 0 Å². The number of amides is 1. The van der Waals surface area contributed by atoms with Gasteiger partial charge in [-0.3, -0.25) is 4.79 Å². The van der Waals surface area contributed by atoms with Gasteiger partial charge in [0, 0.05) is 29.0 Å². The van der Waals surface area contributed by atoms with E-state index in [1.807, 2.05) is 0 Å². The Kier molecular flexibility index (Phi) is 3.71. The molecule has 0 bridgehead atoms. The number of rotatable bonds is 2. The second kappa shape index (κ2) is 5.00. The Morgan fingerprint density at radius 2 is 2.11 bits per heavy atom. The van der Waals surface area contributed by atoms with Gasteiger partial charge in [0.15, 0.2) is 0 Å². The van der Waals surface area contributed by atoms with Crippen LogP contribution in [-0.2, 0) is 11.0 Å². The molecule has 0 aromatic heterocycles. The van der Waals surface area contributed by atoms with Gasteiger partial charge in [-0.2, -0.15) is 13.2 Å². The first kappa shape index (κ1) is 14.1. The van der Waals surface area contributed by atoms with Crippen molar-refractivity contribution in [3.8, 4) is 0 Å². The fraction of sp³-hybridized carbons (Fsp3) is 0.308. The number of benzene rings is 1. The minimum atomic E-state index is -4.41. The van der Waals surface area contributed by atoms with Gasteiger partial charge in [-0.25, -0.2) is 0 Å². The number of anilines is 1. The lowest BCUT2D eigenvalue weighted by molar-refractivity contribution is -0.138. The van der Waals surface area contributed by atoms with E-state index in [0.29, 0.717) is 18.7 Å². The maximum atomic E-state index is 12.6. The summed E-state index contributed by atoms with van der Waals surface area (Å²) in [5, 5.41) is 0. The normalized spacial score (nSPS) is 19.9. The van der Waals surface area contributed by atoms with E-state index in [4.69, 9.17) is 0 Å². The first-order chi connectivity index (χ1) is 8.82. The molecule has 1 heterocycles. The number of nitrogens with zero attached hydrogens (tertiary/aromatic N) is 1. The molecule has 0 aliphatic carbocycles. The number of alkyl halides is 3. The van der Waals surface area contributed by atoms with Crippen LogP contribution in [0.15, 0.2) is 35.3 Å². The van der Waals surface area contributed by atoms with Gasteiger partial charge in [0.25, 0.3) is 0 Å². The van der Waals surface area contributed by atoms with Crippen molar-refractivity contribution in [2.45, 2.75) is 12.6 Å². The molecule has 1 aliphatic rings. The van der Waals surface area contributed by atoms with Crippen LogP contribution in [0.2, 0.25) is 0 Å². The molecule has 1 unspecified atom stereocenters. The highest BCUT2D eigenvalue weighted by molar-refractivity contribution is 9.10. The lowest BCUT2D eigenvalue weighted by Crippen LogP contribution is -2.24. The van der Waals surface area contributed by atoms with E-state index >= 15 is 0 Å². The van der Waals surface area contributed by atoms with Crippen LogP contribution in [0.1, 0.15) is 12.0 Å². The van der Waals surface area contributed by atoms with Gasteiger partial charge in [0.05, 0.1) is 5.56 Å². The van der Waals surface area contributed by atoms with Gasteiger partial charge in [0.1, 0.15) is 0 Å². The average Bonchev–Trinajstić information content (AvgIpc) is 2.68. The van der Waals surface area contributed by atoms with E-state index < -0.39 is 11.7 Å². The highest BCUT2D eigenvalue weighted by Gasteiger charge is 2.34. The summed E-state index contributed by atoms with van der Waals surface area (Å²) >= 11 is 2.90. The molecular weight excluding hydrogens is 323 g/mol. The Bertz CT molecular complexity index is 527. The van der Waals surface area contributed by atoms with Crippen LogP contribution in [0.25, 0.3) is 0 Å². The molecule has 0 N–H and O–H groups in total. The summed E-state index contributed by atoms with van der Waals surface area (Å²) in [6.07, 6.45) is -2.37. The number of carbonyl (C=O) groups is 1. The van der Waals surface area contributed by atoms with Gasteiger partial charge in [-0.15, -0.1) is 6.58 Å². The third-order valence-corrected chi connectivity index (χ3v) is 3.71. The van der Waals surface area contributed by atoms with Crippen LogP contribution in [-0.4, -0.2) is 12.5 Å². The first-order valence-electron chi connectivity index (χ1n) is 5.62. The smallest absolute Gasteiger partial charge is 0.312 e. The average molecular weight is 334 g/mol. The topological polar surface area (TPSA) is 20.3 Å². The molecule has 6 heteroatoms. The molecular formula is C13H11BrF3NO. The predicted octanol–water partition coefficient (Wildman–Crippen LogP) is 4.01. The predicted molar refractivity (Wildman–Crippen MR) is 69.8 cm³/mol. The standard InChI is InChI=1S/C13H11BrF3NO/c1-2-8-5-12(19)18(7-8)9-3-4-10(11(14)6-9)13(15,16)17/h2-4,6,8H,1,5,7H2. The molecule has 2 nitrogen and oxygen atoms in total. The fourth-order valence-electron chi connectivity index (χ4n) is 2.04. The summed E-state index contributed by atoms with van der Waals surface area (Å²) in [6, 6.07) is 3.62. The maximum absolute atomic E-state index is 12.6. The van der Waals surface area contributed by atoms with E-state index in [9.17, 15) is 18.0 Å². The Hall–Kier alpha value is -1.30. The Labute approximate surface area is 117 Å². The van der Waals surface area contributed by atoms with Crippen molar-refractivity contribution in [2.24, 2.45) is 5.92 Å². The minimum Gasteiger partial charge on any atom is -0.312 e. The van der Waals surface area contributed by atoms with Gasteiger partial charge in [-0.1, -0.05) is 22.0 Å². The van der Waals surface area contributed by atoms with Crippen molar-refractivity contribution in [2.75, 3.05) is 11.4 Å². The van der Waals surface area contributed by atoms with Crippen molar-refractivity contribution >= 4 is 27.5 Å². The molecule has 19 heavy (non-hydrogen) atoms. The van der Waals surface area contributed by atoms with Crippen LogP contribution in [0.5, 0.6) is 0 Å². The summed E-state index contributed by atoms with van der Waals surface area (Å²) in [5.74, 6) is -0.0508. The van der Waals surface area contributed by atoms with Crippen LogP contribution in [0.4, 0.5) is 18.9 Å². The summed E-state index contributed by atoms with van der Waals surface area (Å²) in [5.41, 5.74) is -0.280. The number of halogens is 4. The van der Waals surface area contributed by atoms with Crippen molar-refractivity contribution in [3.05, 3.63) is 40.9 Å². The molecule has 1 saturated heterocycles. The Morgan fingerprint density at radius 3 is 2.58 bits per heavy atom. The number of carbonyl (C=O) groups excluding carboxylic acids is 1. The van der Waals surface area contributed by atoms with Gasteiger partial charge in [-0.05, 0) is 18.2 Å². The van der Waals surface area contributed by atoms with E-state index in [1.54, 1.807) is 6.08 Å².